The van der Waals surface area contributed by atoms with Gasteiger partial charge in [0.1, 0.15) is 5.82 Å². The van der Waals surface area contributed by atoms with Gasteiger partial charge in [-0.05, 0) is 43.0 Å². The lowest BCUT2D eigenvalue weighted by molar-refractivity contribution is 0.0781. The van der Waals surface area contributed by atoms with Crippen LogP contribution in [0.2, 0.25) is 0 Å². The molecule has 2 rings (SSSR count). The minimum Gasteiger partial charge on any atom is -0.376 e. The van der Waals surface area contributed by atoms with Crippen LogP contribution in [-0.2, 0) is 4.74 Å². The molecule has 0 aromatic heterocycles. The molecule has 2 unspecified atom stereocenters. The van der Waals surface area contributed by atoms with Gasteiger partial charge in [0, 0.05) is 6.61 Å². The van der Waals surface area contributed by atoms with Crippen LogP contribution in [0.3, 0.4) is 0 Å². The van der Waals surface area contributed by atoms with Crippen molar-refractivity contribution in [3.8, 4) is 0 Å². The molecular formula is C12H17FN2O. The maximum absolute atomic E-state index is 13.0. The monoisotopic (exact) mass is 224 g/mol. The molecule has 1 heterocycles. The lowest BCUT2D eigenvalue weighted by Gasteiger charge is -2.24. The highest BCUT2D eigenvalue weighted by molar-refractivity contribution is 5.30. The molecule has 1 aromatic rings. The predicted molar refractivity (Wildman–Crippen MR) is 60.2 cm³/mol. The molecule has 0 radical (unpaired) electrons. The van der Waals surface area contributed by atoms with Crippen LogP contribution in [0.25, 0.3) is 0 Å². The Bertz CT molecular complexity index is 364. The molecule has 4 heteroatoms. The summed E-state index contributed by atoms with van der Waals surface area (Å²) in [4.78, 5) is 0. The first-order valence-electron chi connectivity index (χ1n) is 5.56. The third kappa shape index (κ3) is 2.24. The Labute approximate surface area is 94.8 Å². The van der Waals surface area contributed by atoms with E-state index < -0.39 is 0 Å². The number of nitrogens with one attached hydrogen (secondary N) is 1. The molecular weight excluding hydrogens is 207 g/mol. The summed E-state index contributed by atoms with van der Waals surface area (Å²) >= 11 is 0. The molecule has 0 amide bonds. The Morgan fingerprint density at radius 2 is 2.38 bits per heavy atom. The van der Waals surface area contributed by atoms with E-state index in [1.807, 2.05) is 6.92 Å². The van der Waals surface area contributed by atoms with Crippen molar-refractivity contribution in [2.45, 2.75) is 31.9 Å². The standard InChI is InChI=1S/C12H17FN2O/c1-8-7-9(13)4-5-10(8)12(15-14)11-3-2-6-16-11/h4-5,7,11-12,15H,2-3,6,14H2,1H3. The third-order valence-corrected chi connectivity index (χ3v) is 3.08. The van der Waals surface area contributed by atoms with E-state index in [0.29, 0.717) is 0 Å². The molecule has 3 N–H and O–H groups in total. The van der Waals surface area contributed by atoms with E-state index in [1.54, 1.807) is 6.07 Å². The van der Waals surface area contributed by atoms with Gasteiger partial charge < -0.3 is 4.74 Å². The van der Waals surface area contributed by atoms with Gasteiger partial charge in [0.05, 0.1) is 12.1 Å². The van der Waals surface area contributed by atoms with Crippen molar-refractivity contribution in [3.63, 3.8) is 0 Å². The van der Waals surface area contributed by atoms with Gasteiger partial charge in [0.2, 0.25) is 0 Å². The van der Waals surface area contributed by atoms with Gasteiger partial charge in [0.15, 0.2) is 0 Å². The number of hydrogen-bond acceptors (Lipinski definition) is 3. The van der Waals surface area contributed by atoms with Crippen molar-refractivity contribution < 1.29 is 9.13 Å². The summed E-state index contributed by atoms with van der Waals surface area (Å²) < 4.78 is 18.6. The van der Waals surface area contributed by atoms with Gasteiger partial charge in [-0.25, -0.2) is 4.39 Å². The van der Waals surface area contributed by atoms with Gasteiger partial charge in [-0.15, -0.1) is 0 Å². The average Bonchev–Trinajstić information content (AvgIpc) is 2.75. The molecule has 0 bridgehead atoms. The zero-order valence-corrected chi connectivity index (χ0v) is 9.37. The molecule has 1 fully saturated rings. The molecule has 16 heavy (non-hydrogen) atoms. The number of rotatable bonds is 3. The average molecular weight is 224 g/mol. The molecule has 1 aromatic carbocycles. The summed E-state index contributed by atoms with van der Waals surface area (Å²) in [6, 6.07) is 4.70. The predicted octanol–water partition coefficient (Wildman–Crippen LogP) is 1.82. The Morgan fingerprint density at radius 3 is 2.94 bits per heavy atom. The van der Waals surface area contributed by atoms with Crippen molar-refractivity contribution in [2.24, 2.45) is 5.84 Å². The maximum Gasteiger partial charge on any atom is 0.123 e. The summed E-state index contributed by atoms with van der Waals surface area (Å²) in [6.07, 6.45) is 2.14. The van der Waals surface area contributed by atoms with Gasteiger partial charge >= 0.3 is 0 Å². The Morgan fingerprint density at radius 1 is 1.56 bits per heavy atom. The van der Waals surface area contributed by atoms with E-state index in [1.165, 1.54) is 12.1 Å². The van der Waals surface area contributed by atoms with Crippen molar-refractivity contribution in [3.05, 3.63) is 35.1 Å². The summed E-state index contributed by atoms with van der Waals surface area (Å²) in [5.41, 5.74) is 4.68. The third-order valence-electron chi connectivity index (χ3n) is 3.08. The normalized spacial score (nSPS) is 22.3. The smallest absolute Gasteiger partial charge is 0.123 e. The molecule has 0 aliphatic carbocycles. The first-order chi connectivity index (χ1) is 7.72. The molecule has 1 aliphatic rings. The fraction of sp³-hybridized carbons (Fsp3) is 0.500. The zero-order valence-electron chi connectivity index (χ0n) is 9.37. The number of aryl methyl sites for hydroxylation is 1. The SMILES string of the molecule is Cc1cc(F)ccc1C(NN)C1CCCO1. The number of hydrazine groups is 1. The second kappa shape index (κ2) is 4.91. The van der Waals surface area contributed by atoms with Crippen molar-refractivity contribution >= 4 is 0 Å². The van der Waals surface area contributed by atoms with E-state index in [9.17, 15) is 4.39 Å². The van der Waals surface area contributed by atoms with E-state index >= 15 is 0 Å². The molecule has 88 valence electrons. The second-order valence-electron chi connectivity index (χ2n) is 4.20. The van der Waals surface area contributed by atoms with Crippen molar-refractivity contribution in [2.75, 3.05) is 6.61 Å². The number of benzene rings is 1. The maximum atomic E-state index is 13.0. The van der Waals surface area contributed by atoms with Crippen molar-refractivity contribution in [1.82, 2.24) is 5.43 Å². The summed E-state index contributed by atoms with van der Waals surface area (Å²) in [5.74, 6) is 5.35. The first-order valence-corrected chi connectivity index (χ1v) is 5.56. The van der Waals surface area contributed by atoms with Crippen LogP contribution < -0.4 is 11.3 Å². The first kappa shape index (κ1) is 11.5. The highest BCUT2D eigenvalue weighted by Crippen LogP contribution is 2.28. The van der Waals surface area contributed by atoms with Crippen LogP contribution in [0, 0.1) is 12.7 Å². The Kier molecular flexibility index (Phi) is 3.53. The molecule has 0 saturated carbocycles. The van der Waals surface area contributed by atoms with Crippen LogP contribution >= 0.6 is 0 Å². The number of ether oxygens (including phenoxy) is 1. The van der Waals surface area contributed by atoms with Gasteiger partial charge in [0.25, 0.3) is 0 Å². The quantitative estimate of drug-likeness (QED) is 0.608. The van der Waals surface area contributed by atoms with Crippen LogP contribution in [0.15, 0.2) is 18.2 Å². The van der Waals surface area contributed by atoms with Gasteiger partial charge in [-0.3, -0.25) is 11.3 Å². The second-order valence-corrected chi connectivity index (χ2v) is 4.20. The van der Waals surface area contributed by atoms with Gasteiger partial charge in [-0.1, -0.05) is 6.07 Å². The van der Waals surface area contributed by atoms with Crippen LogP contribution in [0.4, 0.5) is 4.39 Å². The summed E-state index contributed by atoms with van der Waals surface area (Å²) in [7, 11) is 0. The summed E-state index contributed by atoms with van der Waals surface area (Å²) in [5, 5.41) is 0. The molecule has 0 spiro atoms. The lowest BCUT2D eigenvalue weighted by Crippen LogP contribution is -2.36. The van der Waals surface area contributed by atoms with Gasteiger partial charge in [-0.2, -0.15) is 0 Å². The lowest BCUT2D eigenvalue weighted by atomic mass is 9.96. The molecule has 1 saturated heterocycles. The van der Waals surface area contributed by atoms with E-state index in [0.717, 1.165) is 30.6 Å². The van der Waals surface area contributed by atoms with Crippen molar-refractivity contribution in [1.29, 1.82) is 0 Å². The molecule has 1 aliphatic heterocycles. The number of halogens is 1. The highest BCUT2D eigenvalue weighted by Gasteiger charge is 2.27. The topological polar surface area (TPSA) is 47.3 Å². The van der Waals surface area contributed by atoms with E-state index in [4.69, 9.17) is 10.6 Å². The Hall–Kier alpha value is -0.970. The molecule has 2 atom stereocenters. The van der Waals surface area contributed by atoms with Crippen LogP contribution in [0.5, 0.6) is 0 Å². The Balaban J connectivity index is 2.25. The molecule has 3 nitrogen and oxygen atoms in total. The zero-order chi connectivity index (χ0) is 11.5. The van der Waals surface area contributed by atoms with E-state index in [-0.39, 0.29) is 18.0 Å². The highest BCUT2D eigenvalue weighted by atomic mass is 19.1. The minimum absolute atomic E-state index is 0.0527. The van der Waals surface area contributed by atoms with Crippen LogP contribution in [0.1, 0.15) is 30.0 Å². The largest absolute Gasteiger partial charge is 0.376 e. The fourth-order valence-electron chi connectivity index (χ4n) is 2.25. The van der Waals surface area contributed by atoms with Crippen LogP contribution in [-0.4, -0.2) is 12.7 Å². The number of nitrogens with two attached hydrogens (primary N) is 1. The number of hydrogen-bond donors (Lipinski definition) is 2. The fourth-order valence-corrected chi connectivity index (χ4v) is 2.25. The minimum atomic E-state index is -0.218. The summed E-state index contributed by atoms with van der Waals surface area (Å²) in [6.45, 7) is 2.67. The van der Waals surface area contributed by atoms with E-state index in [2.05, 4.69) is 5.43 Å².